The van der Waals surface area contributed by atoms with Gasteiger partial charge in [0.1, 0.15) is 24.6 Å². The Morgan fingerprint density at radius 1 is 1.13 bits per heavy atom. The van der Waals surface area contributed by atoms with E-state index < -0.39 is 70.5 Å². The fourth-order valence-corrected chi connectivity index (χ4v) is 8.75. The summed E-state index contributed by atoms with van der Waals surface area (Å²) in [7, 11) is -3.45. The molecule has 1 amide bonds. The van der Waals surface area contributed by atoms with Gasteiger partial charge in [-0.25, -0.2) is 24.3 Å². The number of fused-ring (bicyclic) bond motifs is 2. The number of ether oxygens (including phenoxy) is 2. The van der Waals surface area contributed by atoms with Crippen molar-refractivity contribution in [2.24, 2.45) is 0 Å². The Hall–Kier alpha value is -4.36. The van der Waals surface area contributed by atoms with E-state index >= 15 is 4.39 Å². The Labute approximate surface area is 315 Å². The summed E-state index contributed by atoms with van der Waals surface area (Å²) in [6.45, 7) is -5.24. The van der Waals surface area contributed by atoms with Gasteiger partial charge in [0.2, 0.25) is 5.78 Å². The van der Waals surface area contributed by atoms with E-state index in [1.807, 2.05) is 6.07 Å². The van der Waals surface area contributed by atoms with Gasteiger partial charge in [0.05, 0.1) is 44.7 Å². The van der Waals surface area contributed by atoms with Crippen molar-refractivity contribution >= 4 is 55.4 Å². The number of rotatable bonds is 15. The second-order valence-electron chi connectivity index (χ2n) is 12.1. The number of aliphatic hydroxyl groups is 1. The maximum atomic E-state index is 16.5. The van der Waals surface area contributed by atoms with Crippen LogP contribution in [-0.2, 0) is 43.9 Å². The van der Waals surface area contributed by atoms with Crippen LogP contribution in [0.2, 0.25) is 0 Å². The summed E-state index contributed by atoms with van der Waals surface area (Å²) in [6, 6.07) is 11.6. The number of nitriles is 1. The number of hydrogen-bond donors (Lipinski definition) is 3. The Bertz CT molecular complexity index is 2340. The molecule has 2 aliphatic rings. The highest BCUT2D eigenvalue weighted by atomic mass is 32.5. The molecule has 9 atom stereocenters. The summed E-state index contributed by atoms with van der Waals surface area (Å²) in [5.74, 6) is -0.203. The van der Waals surface area contributed by atoms with Gasteiger partial charge < -0.3 is 38.4 Å². The minimum atomic E-state index is -3.95. The molecule has 0 saturated carbocycles. The number of amides is 1. The lowest BCUT2D eigenvalue weighted by Crippen LogP contribution is -2.34. The van der Waals surface area contributed by atoms with E-state index in [0.29, 0.717) is 5.56 Å². The zero-order valence-corrected chi connectivity index (χ0v) is 31.0. The first kappa shape index (κ1) is 38.9. The highest BCUT2D eigenvalue weighted by molar-refractivity contribution is 8.07. The SMILES string of the molecule is N#CCCOP(=S)(OC[C@@H]1C[C@@H](O[PH](=O)O)[C@H](n2ccc(=O)n3ccnc23)O1)O[C@H]1[C@H](F)[C@H](n2cnc3c(NC(=O)c4ccccc4)ncnc32)O[C@@H]1CO. The monoisotopic (exact) mass is 819 g/mol. The van der Waals surface area contributed by atoms with Gasteiger partial charge in [0.25, 0.3) is 11.5 Å². The van der Waals surface area contributed by atoms with Gasteiger partial charge in [0, 0.05) is 36.6 Å². The van der Waals surface area contributed by atoms with Crippen molar-refractivity contribution in [2.45, 2.75) is 55.9 Å². The first-order valence-electron chi connectivity index (χ1n) is 16.6. The van der Waals surface area contributed by atoms with Gasteiger partial charge in [-0.05, 0) is 23.9 Å². The number of carbonyl (C=O) groups is 1. The topological polar surface area (TPSA) is 249 Å². The normalized spacial score (nSPS) is 25.5. The summed E-state index contributed by atoms with van der Waals surface area (Å²) >= 11 is 5.67. The Morgan fingerprint density at radius 2 is 1.95 bits per heavy atom. The van der Waals surface area contributed by atoms with Gasteiger partial charge in [0.15, 0.2) is 35.6 Å². The number of nitrogens with zero attached hydrogens (tertiary/aromatic N) is 8. The number of hydrogen-bond acceptors (Lipinski definition) is 16. The predicted molar refractivity (Wildman–Crippen MR) is 191 cm³/mol. The summed E-state index contributed by atoms with van der Waals surface area (Å²) in [6.07, 6.45) is -2.61. The van der Waals surface area contributed by atoms with Crippen molar-refractivity contribution in [1.82, 2.24) is 33.5 Å². The van der Waals surface area contributed by atoms with Crippen molar-refractivity contribution in [3.8, 4) is 6.07 Å². The molecule has 55 heavy (non-hydrogen) atoms. The Kier molecular flexibility index (Phi) is 11.9. The minimum absolute atomic E-state index is 0.0110. The van der Waals surface area contributed by atoms with E-state index in [9.17, 15) is 24.2 Å². The van der Waals surface area contributed by atoms with Gasteiger partial charge in [-0.1, -0.05) is 18.2 Å². The second-order valence-corrected chi connectivity index (χ2v) is 15.8. The molecule has 5 aromatic rings. The molecule has 2 aliphatic heterocycles. The van der Waals surface area contributed by atoms with Crippen LogP contribution in [0.15, 0.2) is 72.4 Å². The molecule has 2 fully saturated rings. The number of alkyl halides is 1. The number of anilines is 1. The lowest BCUT2D eigenvalue weighted by molar-refractivity contribution is -0.0517. The van der Waals surface area contributed by atoms with Crippen LogP contribution in [-0.4, -0.2) is 99.8 Å². The molecule has 20 nitrogen and oxygen atoms in total. The predicted octanol–water partition coefficient (Wildman–Crippen LogP) is 2.43. The van der Waals surface area contributed by atoms with E-state index in [0.717, 1.165) is 6.33 Å². The van der Waals surface area contributed by atoms with Crippen molar-refractivity contribution in [3.63, 3.8) is 0 Å². The zero-order valence-electron chi connectivity index (χ0n) is 28.3. The van der Waals surface area contributed by atoms with Crippen LogP contribution in [0.5, 0.6) is 0 Å². The first-order valence-corrected chi connectivity index (χ1v) is 20.4. The highest BCUT2D eigenvalue weighted by Gasteiger charge is 2.50. The summed E-state index contributed by atoms with van der Waals surface area (Å²) in [4.78, 5) is 51.6. The molecular formula is C31H32FN9O11P2S. The Morgan fingerprint density at radius 3 is 2.71 bits per heavy atom. The highest BCUT2D eigenvalue weighted by Crippen LogP contribution is 2.55. The van der Waals surface area contributed by atoms with Gasteiger partial charge in [-0.15, -0.1) is 0 Å². The molecule has 3 N–H and O–H groups in total. The van der Waals surface area contributed by atoms with Crippen LogP contribution in [0.3, 0.4) is 0 Å². The van der Waals surface area contributed by atoms with Gasteiger partial charge in [-0.3, -0.25) is 32.2 Å². The Balaban J connectivity index is 1.09. The standard InChI is InChI=1S/C31H32FN9O11P2S/c32-23-25(21(14-42)50-30(23)41-17-37-24-26(35-16-36-27(24)41)38-28(44)18-5-2-1-3-6-18)52-54(55,47-12-4-8-33)48-15-19-13-20(51-53(45)46)29(49-19)40-10-7-22(43)39-11-9-34-31(39)40/h1-3,5-7,9-11,16-17,19-21,23,25,29-30,42,53H,4,12-15H2,(H,45,46)(H,35,36,38,44)/t19-,20+,21+,23-,25+,29+,30+,54?/m0/s1. The van der Waals surface area contributed by atoms with Crippen molar-refractivity contribution in [3.05, 3.63) is 83.6 Å². The molecule has 0 radical (unpaired) electrons. The fraction of sp³-hybridized carbons (Fsp3) is 0.387. The number of nitrogens with one attached hydrogen (secondary N) is 1. The van der Waals surface area contributed by atoms with E-state index in [1.54, 1.807) is 30.3 Å². The van der Waals surface area contributed by atoms with Crippen LogP contribution in [0.25, 0.3) is 16.9 Å². The number of aliphatic hydroxyl groups excluding tert-OH is 1. The van der Waals surface area contributed by atoms with Crippen LogP contribution in [0, 0.1) is 11.3 Å². The molecule has 1 aromatic carbocycles. The lowest BCUT2D eigenvalue weighted by atomic mass is 10.1. The van der Waals surface area contributed by atoms with E-state index in [-0.39, 0.29) is 54.4 Å². The molecule has 0 spiro atoms. The lowest BCUT2D eigenvalue weighted by Gasteiger charge is -2.28. The average Bonchev–Trinajstić information content (AvgIpc) is 3.98. The molecule has 0 bridgehead atoms. The number of benzene rings is 1. The third-order valence-electron chi connectivity index (χ3n) is 8.62. The molecule has 6 heterocycles. The molecule has 2 saturated heterocycles. The van der Waals surface area contributed by atoms with E-state index in [4.69, 9.17) is 44.6 Å². The maximum Gasteiger partial charge on any atom is 0.327 e. The van der Waals surface area contributed by atoms with Crippen LogP contribution in [0.1, 0.15) is 35.7 Å². The molecule has 0 aliphatic carbocycles. The molecule has 2 unspecified atom stereocenters. The number of carbonyl (C=O) groups excluding carboxylic acids is 1. The zero-order chi connectivity index (χ0) is 38.7. The molecule has 7 rings (SSSR count). The summed E-state index contributed by atoms with van der Waals surface area (Å²) < 4.78 is 67.3. The quantitative estimate of drug-likeness (QED) is 0.101. The third-order valence-corrected chi connectivity index (χ3v) is 11.5. The molecule has 24 heteroatoms. The fourth-order valence-electron chi connectivity index (χ4n) is 6.17. The van der Waals surface area contributed by atoms with Crippen LogP contribution >= 0.6 is 15.0 Å². The minimum Gasteiger partial charge on any atom is -0.394 e. The molecular weight excluding hydrogens is 787 g/mol. The van der Waals surface area contributed by atoms with Gasteiger partial charge >= 0.3 is 15.0 Å². The molecule has 290 valence electrons. The number of halogens is 1. The summed E-state index contributed by atoms with van der Waals surface area (Å²) in [5.41, 5.74) is 0.256. The van der Waals surface area contributed by atoms with Crippen LogP contribution in [0.4, 0.5) is 10.2 Å². The number of aromatic nitrogens is 7. The molecule has 4 aromatic heterocycles. The second kappa shape index (κ2) is 16.8. The van der Waals surface area contributed by atoms with Crippen molar-refractivity contribution < 1.29 is 51.3 Å². The maximum absolute atomic E-state index is 16.5. The third kappa shape index (κ3) is 8.28. The smallest absolute Gasteiger partial charge is 0.327 e. The first-order chi connectivity index (χ1) is 26.6. The summed E-state index contributed by atoms with van der Waals surface area (Å²) in [5, 5.41) is 22.1. The van der Waals surface area contributed by atoms with E-state index in [2.05, 4.69) is 25.3 Å². The van der Waals surface area contributed by atoms with Crippen LogP contribution < -0.4 is 10.9 Å². The number of imidazole rings is 2. The largest absolute Gasteiger partial charge is 0.394 e. The van der Waals surface area contributed by atoms with E-state index in [1.165, 1.54) is 44.5 Å². The van der Waals surface area contributed by atoms with Gasteiger partial charge in [-0.2, -0.15) is 5.26 Å². The van der Waals surface area contributed by atoms with Crippen molar-refractivity contribution in [2.75, 3.05) is 25.1 Å². The van der Waals surface area contributed by atoms with Crippen molar-refractivity contribution in [1.29, 1.82) is 5.26 Å². The average molecular weight is 820 g/mol.